The van der Waals surface area contributed by atoms with Crippen molar-refractivity contribution in [1.29, 1.82) is 0 Å². The van der Waals surface area contributed by atoms with Crippen molar-refractivity contribution in [3.8, 4) is 0 Å². The number of nitrogens with zero attached hydrogens (tertiary/aromatic N) is 1. The predicted molar refractivity (Wildman–Crippen MR) is 72.4 cm³/mol. The molecule has 2 rings (SSSR count). The van der Waals surface area contributed by atoms with E-state index < -0.39 is 0 Å². The van der Waals surface area contributed by atoms with E-state index in [2.05, 4.69) is 18.7 Å². The van der Waals surface area contributed by atoms with Gasteiger partial charge in [0.25, 0.3) is 0 Å². The highest BCUT2D eigenvalue weighted by atomic mass is 16.5. The summed E-state index contributed by atoms with van der Waals surface area (Å²) in [7, 11) is 0. The molecule has 3 nitrogen and oxygen atoms in total. The van der Waals surface area contributed by atoms with Crippen LogP contribution in [0, 0.1) is 11.8 Å². The maximum Gasteiger partial charge on any atom is 0.226 e. The molecule has 0 bridgehead atoms. The van der Waals surface area contributed by atoms with Crippen LogP contribution >= 0.6 is 0 Å². The Hall–Kier alpha value is -0.570. The molecule has 0 radical (unpaired) electrons. The average molecular weight is 253 g/mol. The monoisotopic (exact) mass is 253 g/mol. The Labute approximate surface area is 111 Å². The first-order valence-electron chi connectivity index (χ1n) is 7.60. The molecular formula is C15H27NO2. The van der Waals surface area contributed by atoms with Crippen molar-refractivity contribution in [1.82, 2.24) is 4.90 Å². The minimum Gasteiger partial charge on any atom is -0.380 e. The minimum atomic E-state index is 0.286. The van der Waals surface area contributed by atoms with E-state index in [4.69, 9.17) is 4.74 Å². The molecule has 104 valence electrons. The summed E-state index contributed by atoms with van der Waals surface area (Å²) in [6.45, 7) is 6.72. The number of carbonyl (C=O) groups excluding carboxylic acids is 1. The topological polar surface area (TPSA) is 29.5 Å². The molecule has 1 atom stereocenters. The molecule has 1 unspecified atom stereocenters. The van der Waals surface area contributed by atoms with E-state index in [1.807, 2.05) is 0 Å². The molecule has 1 heterocycles. The van der Waals surface area contributed by atoms with Gasteiger partial charge in [0, 0.05) is 25.1 Å². The fourth-order valence-electron chi connectivity index (χ4n) is 3.27. The SMILES string of the molecule is CCC1CCC(C(=O)N2CCOCCC2C)CC1. The van der Waals surface area contributed by atoms with E-state index in [-0.39, 0.29) is 5.92 Å². The van der Waals surface area contributed by atoms with Crippen molar-refractivity contribution in [2.24, 2.45) is 11.8 Å². The van der Waals surface area contributed by atoms with Crippen LogP contribution in [-0.2, 0) is 9.53 Å². The number of hydrogen-bond donors (Lipinski definition) is 0. The van der Waals surface area contributed by atoms with Crippen molar-refractivity contribution in [3.63, 3.8) is 0 Å². The lowest BCUT2D eigenvalue weighted by molar-refractivity contribution is -0.138. The highest BCUT2D eigenvalue weighted by molar-refractivity contribution is 5.79. The van der Waals surface area contributed by atoms with E-state index in [9.17, 15) is 4.79 Å². The van der Waals surface area contributed by atoms with E-state index in [1.54, 1.807) is 0 Å². The smallest absolute Gasteiger partial charge is 0.226 e. The molecule has 2 aliphatic rings. The van der Waals surface area contributed by atoms with E-state index in [0.717, 1.165) is 38.3 Å². The highest BCUT2D eigenvalue weighted by Gasteiger charge is 2.31. The van der Waals surface area contributed by atoms with E-state index >= 15 is 0 Å². The van der Waals surface area contributed by atoms with Crippen molar-refractivity contribution >= 4 is 5.91 Å². The molecule has 1 amide bonds. The van der Waals surface area contributed by atoms with Crippen molar-refractivity contribution < 1.29 is 9.53 Å². The summed E-state index contributed by atoms with van der Waals surface area (Å²) in [6, 6.07) is 0.351. The summed E-state index contributed by atoms with van der Waals surface area (Å²) in [5, 5.41) is 0. The van der Waals surface area contributed by atoms with Crippen LogP contribution < -0.4 is 0 Å². The summed E-state index contributed by atoms with van der Waals surface area (Å²) < 4.78 is 5.47. The molecule has 1 aliphatic carbocycles. The summed E-state index contributed by atoms with van der Waals surface area (Å²) >= 11 is 0. The molecule has 0 N–H and O–H groups in total. The first-order chi connectivity index (χ1) is 8.72. The molecule has 0 aromatic carbocycles. The second-order valence-electron chi connectivity index (χ2n) is 5.91. The molecule has 18 heavy (non-hydrogen) atoms. The number of carbonyl (C=O) groups is 1. The van der Waals surface area contributed by atoms with Crippen LogP contribution in [0.25, 0.3) is 0 Å². The standard InChI is InChI=1S/C15H27NO2/c1-3-13-4-6-14(7-5-13)15(17)16-9-11-18-10-8-12(16)2/h12-14H,3-11H2,1-2H3. The van der Waals surface area contributed by atoms with Gasteiger partial charge in [-0.1, -0.05) is 13.3 Å². The Morgan fingerprint density at radius 1 is 1.17 bits per heavy atom. The summed E-state index contributed by atoms with van der Waals surface area (Å²) in [5.74, 6) is 1.54. The van der Waals surface area contributed by atoms with Crippen LogP contribution in [0.15, 0.2) is 0 Å². The largest absolute Gasteiger partial charge is 0.380 e. The molecule has 0 aromatic heterocycles. The van der Waals surface area contributed by atoms with Crippen LogP contribution in [0.1, 0.15) is 52.4 Å². The van der Waals surface area contributed by atoms with Gasteiger partial charge in [0.2, 0.25) is 5.91 Å². The lowest BCUT2D eigenvalue weighted by atomic mass is 9.80. The Kier molecular flexibility index (Phi) is 5.04. The zero-order valence-electron chi connectivity index (χ0n) is 11.9. The summed E-state index contributed by atoms with van der Waals surface area (Å²) in [4.78, 5) is 14.7. The number of hydrogen-bond acceptors (Lipinski definition) is 2. The van der Waals surface area contributed by atoms with Crippen LogP contribution in [0.5, 0.6) is 0 Å². The Bertz CT molecular complexity index is 272. The Morgan fingerprint density at radius 2 is 1.89 bits per heavy atom. The van der Waals surface area contributed by atoms with Gasteiger partial charge in [0.05, 0.1) is 6.61 Å². The predicted octanol–water partition coefficient (Wildman–Crippen LogP) is 2.84. The average Bonchev–Trinajstić information content (AvgIpc) is 2.63. The van der Waals surface area contributed by atoms with Crippen molar-refractivity contribution in [2.45, 2.75) is 58.4 Å². The van der Waals surface area contributed by atoms with Gasteiger partial charge in [0.1, 0.15) is 0 Å². The maximum atomic E-state index is 12.6. The van der Waals surface area contributed by atoms with Gasteiger partial charge < -0.3 is 9.64 Å². The molecule has 1 saturated carbocycles. The Balaban J connectivity index is 1.90. The van der Waals surface area contributed by atoms with Gasteiger partial charge >= 0.3 is 0 Å². The first-order valence-corrected chi connectivity index (χ1v) is 7.60. The van der Waals surface area contributed by atoms with Gasteiger partial charge in [-0.25, -0.2) is 0 Å². The number of ether oxygens (including phenoxy) is 1. The second-order valence-corrected chi connectivity index (χ2v) is 5.91. The van der Waals surface area contributed by atoms with Gasteiger partial charge in [-0.05, 0) is 44.9 Å². The van der Waals surface area contributed by atoms with Gasteiger partial charge in [-0.2, -0.15) is 0 Å². The van der Waals surface area contributed by atoms with Crippen LogP contribution in [0.4, 0.5) is 0 Å². The first kappa shape index (κ1) is 13.9. The zero-order valence-corrected chi connectivity index (χ0v) is 11.9. The van der Waals surface area contributed by atoms with E-state index in [1.165, 1.54) is 19.3 Å². The number of rotatable bonds is 2. The summed E-state index contributed by atoms with van der Waals surface area (Å²) in [6.07, 6.45) is 6.94. The van der Waals surface area contributed by atoms with Crippen LogP contribution in [0.3, 0.4) is 0 Å². The molecule has 0 aromatic rings. The lowest BCUT2D eigenvalue weighted by Gasteiger charge is -2.34. The lowest BCUT2D eigenvalue weighted by Crippen LogP contribution is -2.43. The Morgan fingerprint density at radius 3 is 2.56 bits per heavy atom. The second kappa shape index (κ2) is 6.55. The molecular weight excluding hydrogens is 226 g/mol. The van der Waals surface area contributed by atoms with Crippen LogP contribution in [0.2, 0.25) is 0 Å². The van der Waals surface area contributed by atoms with Crippen molar-refractivity contribution in [3.05, 3.63) is 0 Å². The van der Waals surface area contributed by atoms with Crippen molar-refractivity contribution in [2.75, 3.05) is 19.8 Å². The number of amides is 1. The maximum absolute atomic E-state index is 12.6. The molecule has 2 fully saturated rings. The highest BCUT2D eigenvalue weighted by Crippen LogP contribution is 2.32. The normalized spacial score (nSPS) is 34.1. The molecule has 0 spiro atoms. The quantitative estimate of drug-likeness (QED) is 0.757. The third-order valence-corrected chi connectivity index (χ3v) is 4.74. The molecule has 3 heteroatoms. The fraction of sp³-hybridized carbons (Fsp3) is 0.933. The van der Waals surface area contributed by atoms with Gasteiger partial charge in [0.15, 0.2) is 0 Å². The van der Waals surface area contributed by atoms with Crippen LogP contribution in [-0.4, -0.2) is 36.6 Å². The van der Waals surface area contributed by atoms with Gasteiger partial charge in [-0.3, -0.25) is 4.79 Å². The zero-order chi connectivity index (χ0) is 13.0. The third-order valence-electron chi connectivity index (χ3n) is 4.74. The molecule has 1 saturated heterocycles. The fourth-order valence-corrected chi connectivity index (χ4v) is 3.27. The van der Waals surface area contributed by atoms with E-state index in [0.29, 0.717) is 18.6 Å². The third kappa shape index (κ3) is 3.25. The summed E-state index contributed by atoms with van der Waals surface area (Å²) in [5.41, 5.74) is 0. The minimum absolute atomic E-state index is 0.286. The molecule has 1 aliphatic heterocycles. The van der Waals surface area contributed by atoms with Gasteiger partial charge in [-0.15, -0.1) is 0 Å².